The van der Waals surface area contributed by atoms with Gasteiger partial charge in [-0.25, -0.2) is 0 Å². The van der Waals surface area contributed by atoms with Gasteiger partial charge in [-0.3, -0.25) is 4.79 Å². The van der Waals surface area contributed by atoms with Crippen LogP contribution in [0.15, 0.2) is 0 Å². The first-order chi connectivity index (χ1) is 6.16. The summed E-state index contributed by atoms with van der Waals surface area (Å²) in [5.41, 5.74) is 0.250. The topological polar surface area (TPSA) is 26.3 Å². The largest absolute Gasteiger partial charge is 2.00 e. The Morgan fingerprint density at radius 3 is 1.93 bits per heavy atom. The average Bonchev–Trinajstić information content (AvgIpc) is 1.80. The van der Waals surface area contributed by atoms with Crippen molar-refractivity contribution >= 4 is 5.97 Å². The van der Waals surface area contributed by atoms with Crippen LogP contribution in [0.25, 0.3) is 0 Å². The van der Waals surface area contributed by atoms with Gasteiger partial charge in [0.05, 0.1) is 0 Å². The number of rotatable bonds is 3. The molecule has 15 heavy (non-hydrogen) atoms. The molecule has 1 unspecified atom stereocenters. The van der Waals surface area contributed by atoms with Crippen molar-refractivity contribution in [3.05, 3.63) is 13.8 Å². The van der Waals surface area contributed by atoms with Crippen LogP contribution in [0.1, 0.15) is 47.5 Å². The van der Waals surface area contributed by atoms with E-state index in [1.165, 1.54) is 6.92 Å². The van der Waals surface area contributed by atoms with Crippen LogP contribution in [0.2, 0.25) is 0 Å². The summed E-state index contributed by atoms with van der Waals surface area (Å²) >= 11 is 0. The first-order valence-corrected chi connectivity index (χ1v) is 5.02. The SMILES string of the molecule is [CH2-]C(C)(C)C.[CH2-]C(CCC)OC(C)=O.[Cr+2]. The molecular formula is C12H24CrO2. The minimum atomic E-state index is -0.247. The summed E-state index contributed by atoms with van der Waals surface area (Å²) in [5, 5.41) is 0. The average molecular weight is 252 g/mol. The van der Waals surface area contributed by atoms with Gasteiger partial charge < -0.3 is 18.6 Å². The Morgan fingerprint density at radius 2 is 1.73 bits per heavy atom. The predicted molar refractivity (Wildman–Crippen MR) is 60.6 cm³/mol. The molecule has 2 nitrogen and oxygen atoms in total. The molecule has 0 fully saturated rings. The van der Waals surface area contributed by atoms with Crippen LogP contribution in [-0.4, -0.2) is 12.1 Å². The molecule has 0 rings (SSSR count). The zero-order valence-electron chi connectivity index (χ0n) is 10.6. The second kappa shape index (κ2) is 10.5. The van der Waals surface area contributed by atoms with E-state index in [4.69, 9.17) is 4.74 Å². The zero-order chi connectivity index (χ0) is 11.8. The van der Waals surface area contributed by atoms with Crippen molar-refractivity contribution in [2.24, 2.45) is 5.41 Å². The second-order valence-electron chi connectivity index (χ2n) is 4.58. The van der Waals surface area contributed by atoms with Crippen molar-refractivity contribution in [2.75, 3.05) is 0 Å². The van der Waals surface area contributed by atoms with Crippen LogP contribution in [-0.2, 0) is 26.9 Å². The van der Waals surface area contributed by atoms with Crippen LogP contribution < -0.4 is 0 Å². The van der Waals surface area contributed by atoms with E-state index < -0.39 is 0 Å². The summed E-state index contributed by atoms with van der Waals surface area (Å²) in [4.78, 5) is 10.3. The third-order valence-electron chi connectivity index (χ3n) is 0.943. The standard InChI is InChI=1S/C7H13O2.C5H11.Cr/c1-4-5-6(2)9-7(3)8;1-5(2,3)4;/h6H,2,4-5H2,1,3H3;1H2,2-4H3;/q2*-1;+2. The maximum absolute atomic E-state index is 10.3. The van der Waals surface area contributed by atoms with Gasteiger partial charge >= 0.3 is 17.4 Å². The van der Waals surface area contributed by atoms with E-state index in [9.17, 15) is 4.79 Å². The summed E-state index contributed by atoms with van der Waals surface area (Å²) in [7, 11) is 0. The summed E-state index contributed by atoms with van der Waals surface area (Å²) in [5.74, 6) is -0.247. The first kappa shape index (κ1) is 20.4. The van der Waals surface area contributed by atoms with Crippen molar-refractivity contribution < 1.29 is 26.9 Å². The summed E-state index contributed by atoms with van der Waals surface area (Å²) < 4.78 is 4.74. The molecule has 0 aromatic carbocycles. The van der Waals surface area contributed by atoms with Gasteiger partial charge in [-0.15, -0.1) is 0 Å². The monoisotopic (exact) mass is 252 g/mol. The fourth-order valence-corrected chi connectivity index (χ4v) is 0.616. The number of esters is 1. The zero-order valence-corrected chi connectivity index (χ0v) is 11.9. The molecule has 3 heteroatoms. The molecule has 0 heterocycles. The first-order valence-electron chi connectivity index (χ1n) is 5.02. The molecule has 0 amide bonds. The number of ether oxygens (including phenoxy) is 1. The van der Waals surface area contributed by atoms with Crippen LogP contribution in [0, 0.1) is 19.3 Å². The number of carbonyl (C=O) groups is 1. The van der Waals surface area contributed by atoms with Gasteiger partial charge in [0.15, 0.2) is 0 Å². The molecule has 0 N–H and O–H groups in total. The molecule has 0 aliphatic heterocycles. The molecule has 1 atom stereocenters. The fourth-order valence-electron chi connectivity index (χ4n) is 0.616. The Hall–Kier alpha value is 0.00247. The van der Waals surface area contributed by atoms with Crippen molar-refractivity contribution in [1.82, 2.24) is 0 Å². The third-order valence-corrected chi connectivity index (χ3v) is 0.943. The Labute approximate surface area is 106 Å². The summed E-state index contributed by atoms with van der Waals surface area (Å²) in [6.45, 7) is 17.1. The Balaban J connectivity index is -0.000000208. The fraction of sp³-hybridized carbons (Fsp3) is 0.750. The normalized spacial score (nSPS) is 11.7. The van der Waals surface area contributed by atoms with Gasteiger partial charge in [-0.1, -0.05) is 34.1 Å². The van der Waals surface area contributed by atoms with E-state index in [1.807, 2.05) is 6.92 Å². The van der Waals surface area contributed by atoms with E-state index in [2.05, 4.69) is 34.6 Å². The minimum Gasteiger partial charge on any atom is -0.496 e. The Kier molecular flexibility index (Phi) is 14.3. The van der Waals surface area contributed by atoms with E-state index in [-0.39, 0.29) is 34.8 Å². The van der Waals surface area contributed by atoms with Crippen LogP contribution >= 0.6 is 0 Å². The van der Waals surface area contributed by atoms with Crippen LogP contribution in [0.5, 0.6) is 0 Å². The Morgan fingerprint density at radius 1 is 1.40 bits per heavy atom. The van der Waals surface area contributed by atoms with E-state index in [1.54, 1.807) is 0 Å². The van der Waals surface area contributed by atoms with Gasteiger partial charge in [-0.2, -0.15) is 5.41 Å². The second-order valence-corrected chi connectivity index (χ2v) is 4.58. The molecule has 0 spiro atoms. The maximum atomic E-state index is 10.3. The third kappa shape index (κ3) is 41.1. The van der Waals surface area contributed by atoms with E-state index in [0.717, 1.165) is 12.8 Å². The number of hydrogen-bond donors (Lipinski definition) is 0. The molecule has 0 saturated heterocycles. The van der Waals surface area contributed by atoms with E-state index in [0.29, 0.717) is 0 Å². The van der Waals surface area contributed by atoms with Crippen LogP contribution in [0.4, 0.5) is 0 Å². The van der Waals surface area contributed by atoms with Gasteiger partial charge in [0, 0.05) is 6.92 Å². The predicted octanol–water partition coefficient (Wildman–Crippen LogP) is 3.42. The molecule has 0 aliphatic rings. The maximum Gasteiger partial charge on any atom is 2.00 e. The van der Waals surface area contributed by atoms with Gasteiger partial charge in [0.2, 0.25) is 0 Å². The van der Waals surface area contributed by atoms with Crippen molar-refractivity contribution in [3.8, 4) is 0 Å². The molecule has 0 radical (unpaired) electrons. The number of carbonyl (C=O) groups excluding carboxylic acids is 1. The Bertz CT molecular complexity index is 144. The molecule has 0 saturated carbocycles. The molecule has 0 bridgehead atoms. The van der Waals surface area contributed by atoms with Gasteiger partial charge in [0.1, 0.15) is 0 Å². The van der Waals surface area contributed by atoms with Crippen LogP contribution in [0.3, 0.4) is 0 Å². The van der Waals surface area contributed by atoms with Gasteiger partial charge in [-0.05, 0) is 12.5 Å². The number of hydrogen-bond acceptors (Lipinski definition) is 2. The molecule has 0 aromatic heterocycles. The van der Waals surface area contributed by atoms with Gasteiger partial charge in [0.25, 0.3) is 5.97 Å². The minimum absolute atomic E-state index is 0. The van der Waals surface area contributed by atoms with E-state index >= 15 is 0 Å². The molecular weight excluding hydrogens is 228 g/mol. The van der Waals surface area contributed by atoms with Crippen molar-refractivity contribution in [2.45, 2.75) is 53.6 Å². The summed E-state index contributed by atoms with van der Waals surface area (Å²) in [6.07, 6.45) is 1.69. The quantitative estimate of drug-likeness (QED) is 0.568. The molecule has 0 aromatic rings. The summed E-state index contributed by atoms with van der Waals surface area (Å²) in [6, 6.07) is 0. The van der Waals surface area contributed by atoms with Crippen molar-refractivity contribution in [1.29, 1.82) is 0 Å². The molecule has 0 aliphatic carbocycles. The van der Waals surface area contributed by atoms with Crippen molar-refractivity contribution in [3.63, 3.8) is 0 Å². The molecule has 90 valence electrons. The smallest absolute Gasteiger partial charge is 0.496 e.